The topological polar surface area (TPSA) is 15.3 Å². The second kappa shape index (κ2) is 6.64. The van der Waals surface area contributed by atoms with Gasteiger partial charge in [0, 0.05) is 43.3 Å². The minimum atomic E-state index is -0.515. The molecule has 1 aromatic rings. The molecule has 0 aliphatic carbocycles. The van der Waals surface area contributed by atoms with E-state index in [-0.39, 0.29) is 0 Å². The number of benzene rings is 1. The lowest BCUT2D eigenvalue weighted by molar-refractivity contribution is 0.102. The van der Waals surface area contributed by atoms with Crippen molar-refractivity contribution in [3.8, 4) is 0 Å². The van der Waals surface area contributed by atoms with E-state index in [1.807, 2.05) is 0 Å². The van der Waals surface area contributed by atoms with Crippen LogP contribution in [0.25, 0.3) is 0 Å². The van der Waals surface area contributed by atoms with E-state index < -0.39 is 11.6 Å². The maximum Gasteiger partial charge on any atom is 0.130 e. The molecule has 1 aliphatic heterocycles. The van der Waals surface area contributed by atoms with Gasteiger partial charge in [-0.2, -0.15) is 0 Å². The first-order valence-electron chi connectivity index (χ1n) is 7.42. The Morgan fingerprint density at radius 2 is 2.10 bits per heavy atom. The third-order valence-corrected chi connectivity index (χ3v) is 4.23. The summed E-state index contributed by atoms with van der Waals surface area (Å²) in [7, 11) is 0. The molecular formula is C16H24F2N2. The molecule has 112 valence electrons. The van der Waals surface area contributed by atoms with Crippen LogP contribution in [-0.2, 0) is 6.54 Å². The number of rotatable bonds is 4. The fourth-order valence-corrected chi connectivity index (χ4v) is 2.79. The zero-order valence-corrected chi connectivity index (χ0v) is 12.5. The van der Waals surface area contributed by atoms with E-state index in [9.17, 15) is 8.78 Å². The maximum atomic E-state index is 13.8. The van der Waals surface area contributed by atoms with Crippen molar-refractivity contribution in [2.75, 3.05) is 13.1 Å². The molecule has 2 nitrogen and oxygen atoms in total. The number of halogens is 2. The van der Waals surface area contributed by atoms with Crippen LogP contribution in [0.1, 0.15) is 32.8 Å². The number of nitrogens with one attached hydrogen (secondary N) is 1. The van der Waals surface area contributed by atoms with Crippen LogP contribution in [0, 0.1) is 17.6 Å². The maximum absolute atomic E-state index is 13.8. The quantitative estimate of drug-likeness (QED) is 0.912. The van der Waals surface area contributed by atoms with Gasteiger partial charge in [-0.05, 0) is 18.4 Å². The highest BCUT2D eigenvalue weighted by Gasteiger charge is 2.28. The first-order chi connectivity index (χ1) is 9.51. The molecule has 1 fully saturated rings. The van der Waals surface area contributed by atoms with Gasteiger partial charge in [0.15, 0.2) is 0 Å². The summed E-state index contributed by atoms with van der Waals surface area (Å²) in [5.74, 6) is -0.411. The number of nitrogens with zero attached hydrogens (tertiary/aromatic N) is 1. The lowest BCUT2D eigenvalue weighted by Crippen LogP contribution is -2.57. The predicted octanol–water partition coefficient (Wildman–Crippen LogP) is 3.17. The molecule has 4 heteroatoms. The van der Waals surface area contributed by atoms with Gasteiger partial charge in [0.05, 0.1) is 0 Å². The van der Waals surface area contributed by atoms with Crippen molar-refractivity contribution in [2.45, 2.75) is 45.8 Å². The molecule has 1 aliphatic rings. The third kappa shape index (κ3) is 3.55. The van der Waals surface area contributed by atoms with E-state index >= 15 is 0 Å². The zero-order chi connectivity index (χ0) is 14.7. The Balaban J connectivity index is 2.11. The van der Waals surface area contributed by atoms with Gasteiger partial charge < -0.3 is 5.32 Å². The van der Waals surface area contributed by atoms with Crippen LogP contribution in [0.3, 0.4) is 0 Å². The Hall–Kier alpha value is -1.00. The van der Waals surface area contributed by atoms with E-state index in [1.54, 1.807) is 6.07 Å². The Kier molecular flexibility index (Phi) is 5.11. The Bertz CT molecular complexity index is 448. The van der Waals surface area contributed by atoms with Gasteiger partial charge >= 0.3 is 0 Å². The van der Waals surface area contributed by atoms with E-state index in [4.69, 9.17) is 0 Å². The van der Waals surface area contributed by atoms with Crippen LogP contribution in [0.15, 0.2) is 18.2 Å². The predicted molar refractivity (Wildman–Crippen MR) is 77.5 cm³/mol. The first-order valence-corrected chi connectivity index (χ1v) is 7.42. The van der Waals surface area contributed by atoms with Crippen molar-refractivity contribution in [3.05, 3.63) is 35.4 Å². The smallest absolute Gasteiger partial charge is 0.130 e. The highest BCUT2D eigenvalue weighted by Crippen LogP contribution is 2.19. The van der Waals surface area contributed by atoms with E-state index in [1.165, 1.54) is 6.07 Å². The van der Waals surface area contributed by atoms with Gasteiger partial charge in [0.25, 0.3) is 0 Å². The van der Waals surface area contributed by atoms with Crippen molar-refractivity contribution < 1.29 is 8.78 Å². The Morgan fingerprint density at radius 3 is 2.70 bits per heavy atom. The molecule has 2 unspecified atom stereocenters. The summed E-state index contributed by atoms with van der Waals surface area (Å²) < 4.78 is 26.8. The molecule has 1 heterocycles. The molecular weight excluding hydrogens is 258 g/mol. The van der Waals surface area contributed by atoms with E-state index in [2.05, 4.69) is 31.0 Å². The summed E-state index contributed by atoms with van der Waals surface area (Å²) in [4.78, 5) is 2.32. The minimum absolute atomic E-state index is 0.412. The molecule has 0 saturated carbocycles. The lowest BCUT2D eigenvalue weighted by atomic mass is 9.98. The van der Waals surface area contributed by atoms with E-state index in [0.29, 0.717) is 30.1 Å². The number of hydrogen-bond acceptors (Lipinski definition) is 2. The molecule has 1 aromatic carbocycles. The molecule has 2 rings (SSSR count). The normalized spacial score (nSPS) is 24.3. The minimum Gasteiger partial charge on any atom is -0.311 e. The molecule has 0 radical (unpaired) electrons. The molecule has 1 N–H and O–H groups in total. The van der Waals surface area contributed by atoms with E-state index in [0.717, 1.165) is 25.6 Å². The summed E-state index contributed by atoms with van der Waals surface area (Å²) in [6, 6.07) is 4.71. The molecule has 1 saturated heterocycles. The third-order valence-electron chi connectivity index (χ3n) is 4.23. The summed E-state index contributed by atoms with van der Waals surface area (Å²) in [6.07, 6.45) is 1.03. The van der Waals surface area contributed by atoms with Crippen molar-refractivity contribution in [3.63, 3.8) is 0 Å². The Labute approximate surface area is 120 Å². The van der Waals surface area contributed by atoms with Crippen LogP contribution in [0.4, 0.5) is 8.78 Å². The summed E-state index contributed by atoms with van der Waals surface area (Å²) in [6.45, 7) is 8.93. The first kappa shape index (κ1) is 15.4. The molecule has 0 spiro atoms. The highest BCUT2D eigenvalue weighted by molar-refractivity contribution is 5.18. The SMILES string of the molecule is CCC1CNC(C(C)C)CN1Cc1ccc(F)cc1F. The molecule has 20 heavy (non-hydrogen) atoms. The van der Waals surface area contributed by atoms with Crippen molar-refractivity contribution in [1.82, 2.24) is 10.2 Å². The highest BCUT2D eigenvalue weighted by atomic mass is 19.1. The van der Waals surface area contributed by atoms with Crippen molar-refractivity contribution in [2.24, 2.45) is 5.92 Å². The lowest BCUT2D eigenvalue weighted by Gasteiger charge is -2.41. The average molecular weight is 282 g/mol. The molecule has 0 bridgehead atoms. The molecule has 0 aromatic heterocycles. The summed E-state index contributed by atoms with van der Waals surface area (Å²) >= 11 is 0. The molecule has 0 amide bonds. The van der Waals surface area contributed by atoms with Gasteiger partial charge in [-0.3, -0.25) is 4.90 Å². The fourth-order valence-electron chi connectivity index (χ4n) is 2.79. The van der Waals surface area contributed by atoms with Gasteiger partial charge in [0.2, 0.25) is 0 Å². The van der Waals surface area contributed by atoms with Crippen LogP contribution in [0.2, 0.25) is 0 Å². The average Bonchev–Trinajstić information content (AvgIpc) is 2.41. The van der Waals surface area contributed by atoms with Crippen molar-refractivity contribution >= 4 is 0 Å². The van der Waals surface area contributed by atoms with Gasteiger partial charge in [-0.1, -0.05) is 26.8 Å². The van der Waals surface area contributed by atoms with Gasteiger partial charge in [-0.25, -0.2) is 8.78 Å². The zero-order valence-electron chi connectivity index (χ0n) is 12.5. The number of piperazine rings is 1. The number of hydrogen-bond donors (Lipinski definition) is 1. The van der Waals surface area contributed by atoms with Gasteiger partial charge in [0.1, 0.15) is 11.6 Å². The summed E-state index contributed by atoms with van der Waals surface area (Å²) in [5.41, 5.74) is 0.578. The van der Waals surface area contributed by atoms with Gasteiger partial charge in [-0.15, -0.1) is 0 Å². The molecule has 2 atom stereocenters. The summed E-state index contributed by atoms with van der Waals surface area (Å²) in [5, 5.41) is 3.56. The van der Waals surface area contributed by atoms with Crippen LogP contribution >= 0.6 is 0 Å². The largest absolute Gasteiger partial charge is 0.311 e. The van der Waals surface area contributed by atoms with Crippen molar-refractivity contribution in [1.29, 1.82) is 0 Å². The standard InChI is InChI=1S/C16H24F2N2/c1-4-14-8-19-16(11(2)3)10-20(14)9-12-5-6-13(17)7-15(12)18/h5-7,11,14,16,19H,4,8-10H2,1-3H3. The van der Waals surface area contributed by atoms with Crippen LogP contribution in [0.5, 0.6) is 0 Å². The second-order valence-electron chi connectivity index (χ2n) is 5.99. The van der Waals surface area contributed by atoms with Crippen LogP contribution < -0.4 is 5.32 Å². The Morgan fingerprint density at radius 1 is 1.35 bits per heavy atom. The van der Waals surface area contributed by atoms with Crippen LogP contribution in [-0.4, -0.2) is 30.1 Å². The second-order valence-corrected chi connectivity index (χ2v) is 5.99. The monoisotopic (exact) mass is 282 g/mol. The fraction of sp³-hybridized carbons (Fsp3) is 0.625.